The van der Waals surface area contributed by atoms with Crippen LogP contribution in [0.15, 0.2) is 11.6 Å². The lowest BCUT2D eigenvalue weighted by Gasteiger charge is -2.31. The molecular formula is C13H21NO. The topological polar surface area (TPSA) is 20.3 Å². The predicted octanol–water partition coefficient (Wildman–Crippen LogP) is 2.40. The van der Waals surface area contributed by atoms with Gasteiger partial charge >= 0.3 is 0 Å². The van der Waals surface area contributed by atoms with Crippen molar-refractivity contribution in [2.24, 2.45) is 5.41 Å². The minimum atomic E-state index is 0.265. The van der Waals surface area contributed by atoms with Gasteiger partial charge in [0, 0.05) is 19.5 Å². The average molecular weight is 207 g/mol. The van der Waals surface area contributed by atoms with Crippen LogP contribution in [0.5, 0.6) is 0 Å². The van der Waals surface area contributed by atoms with Gasteiger partial charge in [-0.05, 0) is 24.7 Å². The van der Waals surface area contributed by atoms with Gasteiger partial charge in [0.2, 0.25) is 0 Å². The number of Topliss-reactive ketones (excluding diaryl/α,β-unsaturated/α-hetero) is 1. The molecule has 0 spiro atoms. The summed E-state index contributed by atoms with van der Waals surface area (Å²) < 4.78 is 0. The van der Waals surface area contributed by atoms with Crippen LogP contribution in [0.2, 0.25) is 0 Å². The van der Waals surface area contributed by atoms with Crippen LogP contribution >= 0.6 is 0 Å². The molecular weight excluding hydrogens is 186 g/mol. The van der Waals surface area contributed by atoms with Gasteiger partial charge in [0.15, 0.2) is 0 Å². The van der Waals surface area contributed by atoms with E-state index in [9.17, 15) is 4.79 Å². The molecule has 0 N–H and O–H groups in total. The molecule has 15 heavy (non-hydrogen) atoms. The summed E-state index contributed by atoms with van der Waals surface area (Å²) in [4.78, 5) is 13.5. The summed E-state index contributed by atoms with van der Waals surface area (Å²) >= 11 is 0. The highest BCUT2D eigenvalue weighted by Gasteiger charge is 2.30. The molecule has 1 fully saturated rings. The van der Waals surface area contributed by atoms with Gasteiger partial charge < -0.3 is 0 Å². The molecule has 0 unspecified atom stereocenters. The molecule has 0 radical (unpaired) electrons. The van der Waals surface area contributed by atoms with Crippen molar-refractivity contribution in [2.75, 3.05) is 19.6 Å². The number of hydrogen-bond acceptors (Lipinski definition) is 2. The summed E-state index contributed by atoms with van der Waals surface area (Å²) in [5.74, 6) is 0.409. The molecule has 0 bridgehead atoms. The summed E-state index contributed by atoms with van der Waals surface area (Å²) in [6, 6.07) is 0. The van der Waals surface area contributed by atoms with Gasteiger partial charge in [-0.3, -0.25) is 9.69 Å². The fraction of sp³-hybridized carbons (Fsp3) is 0.769. The van der Waals surface area contributed by atoms with Crippen LogP contribution in [-0.4, -0.2) is 30.3 Å². The van der Waals surface area contributed by atoms with E-state index in [0.29, 0.717) is 12.3 Å². The number of allylic oxidation sites excluding steroid dienone is 1. The molecule has 84 valence electrons. The van der Waals surface area contributed by atoms with Crippen molar-refractivity contribution in [3.8, 4) is 0 Å². The molecule has 0 atom stereocenters. The van der Waals surface area contributed by atoms with Crippen LogP contribution in [-0.2, 0) is 4.79 Å². The Labute approximate surface area is 92.3 Å². The second kappa shape index (κ2) is 4.09. The van der Waals surface area contributed by atoms with Crippen molar-refractivity contribution < 1.29 is 4.79 Å². The highest BCUT2D eigenvalue weighted by atomic mass is 16.1. The molecule has 0 aromatic heterocycles. The predicted molar refractivity (Wildman–Crippen MR) is 61.8 cm³/mol. The van der Waals surface area contributed by atoms with E-state index in [-0.39, 0.29) is 5.41 Å². The lowest BCUT2D eigenvalue weighted by molar-refractivity contribution is -0.116. The number of rotatable bonds is 3. The first-order valence-electron chi connectivity index (χ1n) is 6.01. The van der Waals surface area contributed by atoms with Gasteiger partial charge in [-0.15, -0.1) is 0 Å². The van der Waals surface area contributed by atoms with Gasteiger partial charge in [0.1, 0.15) is 5.78 Å². The first-order chi connectivity index (χ1) is 7.08. The normalized spacial score (nSPS) is 23.6. The molecule has 2 aliphatic rings. The zero-order chi connectivity index (χ0) is 10.9. The van der Waals surface area contributed by atoms with Crippen LogP contribution in [0.1, 0.15) is 39.5 Å². The maximum atomic E-state index is 11.2. The van der Waals surface area contributed by atoms with E-state index in [4.69, 9.17) is 0 Å². The monoisotopic (exact) mass is 207 g/mol. The Kier molecular flexibility index (Phi) is 2.96. The first kappa shape index (κ1) is 10.9. The average Bonchev–Trinajstić information content (AvgIpc) is 2.75. The summed E-state index contributed by atoms with van der Waals surface area (Å²) in [5, 5.41) is 0. The minimum absolute atomic E-state index is 0.265. The molecule has 0 amide bonds. The van der Waals surface area contributed by atoms with Crippen LogP contribution in [0.4, 0.5) is 0 Å². The third kappa shape index (κ3) is 2.49. The van der Waals surface area contributed by atoms with E-state index in [1.54, 1.807) is 5.57 Å². The Morgan fingerprint density at radius 1 is 1.40 bits per heavy atom. The number of likely N-dealkylation sites (tertiary alicyclic amines) is 1. The SMILES string of the molecule is CC(C)(CN1CCC(=O)C1)C1=CCCC1. The molecule has 2 rings (SSSR count). The number of carbonyl (C=O) groups excluding carboxylic acids is 1. The Morgan fingerprint density at radius 2 is 2.20 bits per heavy atom. The van der Waals surface area contributed by atoms with Crippen molar-refractivity contribution in [3.05, 3.63) is 11.6 Å². The van der Waals surface area contributed by atoms with Crippen molar-refractivity contribution in [3.63, 3.8) is 0 Å². The zero-order valence-electron chi connectivity index (χ0n) is 9.88. The molecule has 1 saturated heterocycles. The van der Waals surface area contributed by atoms with E-state index in [1.165, 1.54) is 19.3 Å². The summed E-state index contributed by atoms with van der Waals surface area (Å²) in [5.41, 5.74) is 1.86. The number of hydrogen-bond donors (Lipinski definition) is 0. The summed E-state index contributed by atoms with van der Waals surface area (Å²) in [7, 11) is 0. The van der Waals surface area contributed by atoms with Crippen molar-refractivity contribution in [1.82, 2.24) is 4.90 Å². The third-order valence-electron chi connectivity index (χ3n) is 3.64. The number of carbonyl (C=O) groups is 1. The Hall–Kier alpha value is -0.630. The van der Waals surface area contributed by atoms with Gasteiger partial charge in [-0.25, -0.2) is 0 Å². The van der Waals surface area contributed by atoms with E-state index in [0.717, 1.165) is 19.5 Å². The van der Waals surface area contributed by atoms with Crippen molar-refractivity contribution >= 4 is 5.78 Å². The molecule has 2 nitrogen and oxygen atoms in total. The largest absolute Gasteiger partial charge is 0.298 e. The minimum Gasteiger partial charge on any atom is -0.298 e. The summed E-state index contributed by atoms with van der Waals surface area (Å²) in [6.07, 6.45) is 6.98. The van der Waals surface area contributed by atoms with Crippen LogP contribution < -0.4 is 0 Å². The van der Waals surface area contributed by atoms with Crippen LogP contribution in [0.25, 0.3) is 0 Å². The zero-order valence-corrected chi connectivity index (χ0v) is 9.88. The first-order valence-corrected chi connectivity index (χ1v) is 6.01. The van der Waals surface area contributed by atoms with Gasteiger partial charge in [-0.2, -0.15) is 0 Å². The molecule has 1 aliphatic carbocycles. The molecule has 2 heteroatoms. The smallest absolute Gasteiger partial charge is 0.148 e. The fourth-order valence-electron chi connectivity index (χ4n) is 2.77. The molecule has 0 aromatic rings. The van der Waals surface area contributed by atoms with Crippen molar-refractivity contribution in [2.45, 2.75) is 39.5 Å². The number of ketones is 1. The van der Waals surface area contributed by atoms with Gasteiger partial charge in [-0.1, -0.05) is 25.5 Å². The summed E-state index contributed by atoms with van der Waals surface area (Å²) in [6.45, 7) is 7.32. The lowest BCUT2D eigenvalue weighted by Crippen LogP contribution is -2.33. The maximum Gasteiger partial charge on any atom is 0.148 e. The Balaban J connectivity index is 1.94. The Bertz CT molecular complexity index is 291. The molecule has 0 saturated carbocycles. The van der Waals surface area contributed by atoms with Crippen molar-refractivity contribution in [1.29, 1.82) is 0 Å². The van der Waals surface area contributed by atoms with Crippen LogP contribution in [0, 0.1) is 5.41 Å². The third-order valence-corrected chi connectivity index (χ3v) is 3.64. The van der Waals surface area contributed by atoms with E-state index in [1.807, 2.05) is 0 Å². The molecule has 1 aliphatic heterocycles. The van der Waals surface area contributed by atoms with Gasteiger partial charge in [0.05, 0.1) is 6.54 Å². The second-order valence-corrected chi connectivity index (χ2v) is 5.50. The number of nitrogens with zero attached hydrogens (tertiary/aromatic N) is 1. The van der Waals surface area contributed by atoms with E-state index < -0.39 is 0 Å². The highest BCUT2D eigenvalue weighted by Crippen LogP contribution is 2.35. The maximum absolute atomic E-state index is 11.2. The Morgan fingerprint density at radius 3 is 2.73 bits per heavy atom. The quantitative estimate of drug-likeness (QED) is 0.662. The fourth-order valence-corrected chi connectivity index (χ4v) is 2.77. The van der Waals surface area contributed by atoms with E-state index in [2.05, 4.69) is 24.8 Å². The second-order valence-electron chi connectivity index (χ2n) is 5.50. The van der Waals surface area contributed by atoms with Crippen LogP contribution in [0.3, 0.4) is 0 Å². The van der Waals surface area contributed by atoms with E-state index >= 15 is 0 Å². The highest BCUT2D eigenvalue weighted by molar-refractivity contribution is 5.82. The standard InChI is InChI=1S/C13H21NO/c1-13(2,11-5-3-4-6-11)10-14-8-7-12(15)9-14/h5H,3-4,6-10H2,1-2H3. The lowest BCUT2D eigenvalue weighted by atomic mass is 9.83. The molecule has 0 aromatic carbocycles. The molecule has 1 heterocycles. The van der Waals surface area contributed by atoms with Gasteiger partial charge in [0.25, 0.3) is 0 Å².